The monoisotopic (exact) mass is 414 g/mol. The molecule has 0 radical (unpaired) electrons. The summed E-state index contributed by atoms with van der Waals surface area (Å²) in [4.78, 5) is 38.4. The molecule has 2 aliphatic heterocycles. The van der Waals surface area contributed by atoms with Crippen LogP contribution in [-0.4, -0.2) is 39.9 Å². The van der Waals surface area contributed by atoms with Crippen LogP contribution in [0.1, 0.15) is 28.9 Å². The van der Waals surface area contributed by atoms with Gasteiger partial charge in [-0.15, -0.1) is 0 Å². The van der Waals surface area contributed by atoms with Gasteiger partial charge < -0.3 is 9.97 Å². The first-order valence-electron chi connectivity index (χ1n) is 8.83. The lowest BCUT2D eigenvalue weighted by Crippen LogP contribution is -1.87. The van der Waals surface area contributed by atoms with Crippen LogP contribution in [0.2, 0.25) is 0 Å². The van der Waals surface area contributed by atoms with Crippen molar-refractivity contribution < 1.29 is 0 Å². The zero-order chi connectivity index (χ0) is 22.2. The average molecular weight is 414 g/mol. The Kier molecular flexibility index (Phi) is 3.98. The van der Waals surface area contributed by atoms with Gasteiger partial charge in [0.2, 0.25) is 11.4 Å². The fourth-order valence-corrected chi connectivity index (χ4v) is 3.00. The van der Waals surface area contributed by atoms with Gasteiger partial charge in [-0.25, -0.2) is 39.6 Å². The minimum atomic E-state index is 0.0988. The SMILES string of the molecule is [C-]#[N+]C1=Cc2nc1nc1cc(C#N)c(nc3nc(nc4cc([N+]#[C-])c(n2)[nH]4)C(C#N)=C3)[nH]1. The van der Waals surface area contributed by atoms with Gasteiger partial charge in [0.25, 0.3) is 0 Å². The van der Waals surface area contributed by atoms with E-state index in [4.69, 9.17) is 13.1 Å². The van der Waals surface area contributed by atoms with Crippen LogP contribution in [0.3, 0.4) is 0 Å². The second-order valence-electron chi connectivity index (χ2n) is 6.37. The van der Waals surface area contributed by atoms with Crippen LogP contribution in [0.15, 0.2) is 12.1 Å². The molecule has 2 N–H and O–H groups in total. The predicted octanol–water partition coefficient (Wildman–Crippen LogP) is 2.80. The second-order valence-corrected chi connectivity index (χ2v) is 6.37. The normalized spacial score (nSPS) is 12.0. The number of fused-ring (bicyclic) bond motifs is 8. The summed E-state index contributed by atoms with van der Waals surface area (Å²) in [7, 11) is 0. The van der Waals surface area contributed by atoms with Crippen LogP contribution >= 0.6 is 0 Å². The van der Waals surface area contributed by atoms with E-state index < -0.39 is 0 Å². The van der Waals surface area contributed by atoms with Gasteiger partial charge in [0.15, 0.2) is 23.1 Å². The number of H-pyrrole nitrogens is 2. The molecule has 12 nitrogen and oxygen atoms in total. The average Bonchev–Trinajstić information content (AvgIpc) is 3.54. The van der Waals surface area contributed by atoms with Crippen LogP contribution in [0.5, 0.6) is 0 Å². The minimum absolute atomic E-state index is 0.0988. The number of aromatic nitrogens is 8. The van der Waals surface area contributed by atoms with Crippen molar-refractivity contribution in [3.05, 3.63) is 63.8 Å². The Morgan fingerprint density at radius 2 is 1.44 bits per heavy atom. The number of nitriles is 2. The van der Waals surface area contributed by atoms with Crippen LogP contribution < -0.4 is 0 Å². The number of nitrogens with one attached hydrogen (secondary N) is 2. The highest BCUT2D eigenvalue weighted by molar-refractivity contribution is 5.89. The van der Waals surface area contributed by atoms with Gasteiger partial charge in [0.05, 0.1) is 18.7 Å². The molecule has 3 aromatic rings. The summed E-state index contributed by atoms with van der Waals surface area (Å²) in [5.41, 5.74) is 1.59. The first-order chi connectivity index (χ1) is 15.6. The Hall–Kier alpha value is -5.72. The molecule has 146 valence electrons. The van der Waals surface area contributed by atoms with E-state index in [0.29, 0.717) is 0 Å². The molecule has 0 aliphatic carbocycles. The highest BCUT2D eigenvalue weighted by atomic mass is 15.1. The van der Waals surface area contributed by atoms with Crippen molar-refractivity contribution in [1.82, 2.24) is 39.9 Å². The molecule has 0 fully saturated rings. The number of nitrogens with zero attached hydrogens (tertiary/aromatic N) is 10. The van der Waals surface area contributed by atoms with E-state index >= 15 is 0 Å². The summed E-state index contributed by atoms with van der Waals surface area (Å²) in [5.74, 6) is 0.532. The molecular weight excluding hydrogens is 408 g/mol. The maximum Gasteiger partial charge on any atom is 0.234 e. The lowest BCUT2D eigenvalue weighted by atomic mass is 10.3. The predicted molar refractivity (Wildman–Crippen MR) is 111 cm³/mol. The van der Waals surface area contributed by atoms with Gasteiger partial charge in [-0.2, -0.15) is 10.5 Å². The Morgan fingerprint density at radius 3 is 2.19 bits per heavy atom. The summed E-state index contributed by atoms with van der Waals surface area (Å²) in [6, 6.07) is 6.95. The van der Waals surface area contributed by atoms with Crippen molar-refractivity contribution in [3.63, 3.8) is 0 Å². The van der Waals surface area contributed by atoms with Crippen molar-refractivity contribution in [2.24, 2.45) is 0 Å². The molecule has 32 heavy (non-hydrogen) atoms. The molecule has 0 atom stereocenters. The van der Waals surface area contributed by atoms with Crippen molar-refractivity contribution in [3.8, 4) is 12.1 Å². The molecule has 0 saturated carbocycles. The second kappa shape index (κ2) is 6.96. The maximum atomic E-state index is 9.45. The molecular formula is C20H6N12. The molecule has 2 aliphatic rings. The smallest absolute Gasteiger partial charge is 0.234 e. The third-order valence-corrected chi connectivity index (χ3v) is 4.38. The van der Waals surface area contributed by atoms with Crippen molar-refractivity contribution in [2.45, 2.75) is 0 Å². The zero-order valence-corrected chi connectivity index (χ0v) is 15.8. The largest absolute Gasteiger partial charge is 0.335 e. The molecule has 12 heteroatoms. The molecule has 5 heterocycles. The maximum absolute atomic E-state index is 9.45. The number of allylic oxidation sites excluding steroid dienone is 1. The molecule has 0 unspecified atom stereocenters. The topological polar surface area (TPSA) is 165 Å². The number of hydrogen-bond donors (Lipinski definition) is 2. The summed E-state index contributed by atoms with van der Waals surface area (Å²) in [5, 5.41) is 18.9. The minimum Gasteiger partial charge on any atom is -0.335 e. The van der Waals surface area contributed by atoms with E-state index in [1.54, 1.807) is 0 Å². The number of aromatic amines is 2. The fourth-order valence-electron chi connectivity index (χ4n) is 3.00. The molecule has 0 aromatic carbocycles. The van der Waals surface area contributed by atoms with Gasteiger partial charge in [0.1, 0.15) is 40.5 Å². The quantitative estimate of drug-likeness (QED) is 0.530. The van der Waals surface area contributed by atoms with Gasteiger partial charge in [0, 0.05) is 12.1 Å². The van der Waals surface area contributed by atoms with Crippen LogP contribution in [0.25, 0.3) is 55.7 Å². The van der Waals surface area contributed by atoms with Gasteiger partial charge in [-0.3, -0.25) is 0 Å². The first-order valence-corrected chi connectivity index (χ1v) is 8.83. The molecule has 3 aromatic heterocycles. The number of rotatable bonds is 0. The van der Waals surface area contributed by atoms with Gasteiger partial charge in [-0.1, -0.05) is 0 Å². The lowest BCUT2D eigenvalue weighted by Gasteiger charge is -1.87. The zero-order valence-electron chi connectivity index (χ0n) is 15.8. The highest BCUT2D eigenvalue weighted by Gasteiger charge is 2.16. The third kappa shape index (κ3) is 3.00. The standard InChI is InChI=1S/C20H6N12/c1-23-11-5-15-28-18-9(7-21)3-13(26-18)25-17-10(8-22)4-14(27-17)29-19-12(24-2)6-16(31-19)32-20(11)30-15/h3-6H,(H2,25,26,27,28,29,30,31,32). The Bertz CT molecular complexity index is 1590. The lowest BCUT2D eigenvalue weighted by molar-refractivity contribution is 1.11. The molecule has 5 rings (SSSR count). The summed E-state index contributed by atoms with van der Waals surface area (Å²) < 4.78 is 0. The molecule has 8 bridgehead atoms. The third-order valence-electron chi connectivity index (χ3n) is 4.38. The molecule has 0 amide bonds. The van der Waals surface area contributed by atoms with Crippen LogP contribution in [0.4, 0.5) is 5.69 Å². The van der Waals surface area contributed by atoms with Crippen LogP contribution in [-0.2, 0) is 0 Å². The van der Waals surface area contributed by atoms with Crippen molar-refractivity contribution >= 4 is 51.7 Å². The Labute approximate surface area is 178 Å². The van der Waals surface area contributed by atoms with Crippen molar-refractivity contribution in [2.75, 3.05) is 0 Å². The van der Waals surface area contributed by atoms with E-state index in [2.05, 4.69) is 49.6 Å². The van der Waals surface area contributed by atoms with E-state index in [-0.39, 0.29) is 68.4 Å². The van der Waals surface area contributed by atoms with Gasteiger partial charge in [-0.05, 0) is 12.1 Å². The van der Waals surface area contributed by atoms with E-state index in [9.17, 15) is 10.5 Å². The molecule has 0 saturated heterocycles. The fraction of sp³-hybridized carbons (Fsp3) is 0. The molecule has 0 spiro atoms. The van der Waals surface area contributed by atoms with Gasteiger partial charge >= 0.3 is 0 Å². The van der Waals surface area contributed by atoms with E-state index in [1.807, 2.05) is 12.1 Å². The Morgan fingerprint density at radius 1 is 0.750 bits per heavy atom. The summed E-state index contributed by atoms with van der Waals surface area (Å²) in [6.07, 6.45) is 2.87. The number of hydrogen-bond acceptors (Lipinski definition) is 8. The summed E-state index contributed by atoms with van der Waals surface area (Å²) in [6.45, 7) is 14.8. The van der Waals surface area contributed by atoms with E-state index in [0.717, 1.165) is 0 Å². The first kappa shape index (κ1) is 18.3. The Balaban J connectivity index is 1.94. The van der Waals surface area contributed by atoms with E-state index in [1.165, 1.54) is 24.3 Å². The van der Waals surface area contributed by atoms with Crippen molar-refractivity contribution in [1.29, 1.82) is 10.5 Å². The van der Waals surface area contributed by atoms with Crippen LogP contribution in [0, 0.1) is 35.8 Å². The highest BCUT2D eigenvalue weighted by Crippen LogP contribution is 2.24. The summed E-state index contributed by atoms with van der Waals surface area (Å²) >= 11 is 0.